The molecule has 0 aliphatic rings. The largest absolute Gasteiger partial charge is 0.484 e. The molecule has 21 heavy (non-hydrogen) atoms. The molecule has 4 nitrogen and oxygen atoms in total. The first-order valence-electron chi connectivity index (χ1n) is 6.65. The summed E-state index contributed by atoms with van der Waals surface area (Å²) in [6, 6.07) is 16.5. The molecule has 4 heteroatoms. The molecule has 0 saturated heterocycles. The van der Waals surface area contributed by atoms with Gasteiger partial charge in [-0.3, -0.25) is 4.79 Å². The topological polar surface area (TPSA) is 59.3 Å². The maximum absolute atomic E-state index is 11.4. The lowest BCUT2D eigenvalue weighted by atomic mass is 10.2. The van der Waals surface area contributed by atoms with Crippen molar-refractivity contribution in [3.05, 3.63) is 59.7 Å². The molecule has 0 fully saturated rings. The van der Waals surface area contributed by atoms with Crippen LogP contribution >= 0.6 is 0 Å². The molecule has 0 N–H and O–H groups in total. The second-order valence-electron chi connectivity index (χ2n) is 4.35. The van der Waals surface area contributed by atoms with E-state index in [0.717, 1.165) is 5.56 Å². The fourth-order valence-electron chi connectivity index (χ4n) is 1.76. The molecule has 0 aliphatic heterocycles. The quantitative estimate of drug-likeness (QED) is 0.622. The summed E-state index contributed by atoms with van der Waals surface area (Å²) in [4.78, 5) is 11.4. The highest BCUT2D eigenvalue weighted by molar-refractivity contribution is 5.73. The fourth-order valence-corrected chi connectivity index (χ4v) is 1.76. The van der Waals surface area contributed by atoms with Gasteiger partial charge in [0.1, 0.15) is 12.7 Å². The second kappa shape index (κ2) is 7.11. The molecule has 2 aromatic rings. The van der Waals surface area contributed by atoms with E-state index in [1.54, 1.807) is 25.1 Å². The van der Waals surface area contributed by atoms with Crippen molar-refractivity contribution in [2.75, 3.05) is 0 Å². The zero-order valence-electron chi connectivity index (χ0n) is 11.7. The molecule has 0 aromatic heterocycles. The van der Waals surface area contributed by atoms with Crippen LogP contribution in [0.3, 0.4) is 0 Å². The van der Waals surface area contributed by atoms with Crippen LogP contribution in [0.25, 0.3) is 0 Å². The third kappa shape index (κ3) is 3.83. The van der Waals surface area contributed by atoms with Gasteiger partial charge in [-0.05, 0) is 17.7 Å². The maximum atomic E-state index is 11.4. The van der Waals surface area contributed by atoms with Crippen molar-refractivity contribution in [1.29, 1.82) is 5.26 Å². The fraction of sp³-hybridized carbons (Fsp3) is 0.176. The maximum Gasteiger partial charge on any atom is 0.311 e. The molecule has 0 heterocycles. The number of ether oxygens (including phenoxy) is 2. The lowest BCUT2D eigenvalue weighted by Crippen LogP contribution is -2.08. The number of esters is 1. The molecular formula is C17H15NO3. The Labute approximate surface area is 123 Å². The lowest BCUT2D eigenvalue weighted by molar-refractivity contribution is -0.134. The minimum Gasteiger partial charge on any atom is -0.484 e. The van der Waals surface area contributed by atoms with E-state index in [0.29, 0.717) is 17.9 Å². The van der Waals surface area contributed by atoms with Crippen LogP contribution in [-0.4, -0.2) is 5.97 Å². The summed E-state index contributed by atoms with van der Waals surface area (Å²) < 4.78 is 10.9. The number of carbonyl (C=O) groups is 1. The van der Waals surface area contributed by atoms with Gasteiger partial charge in [0.15, 0.2) is 11.5 Å². The number of hydrogen-bond donors (Lipinski definition) is 0. The molecule has 0 unspecified atom stereocenters. The van der Waals surface area contributed by atoms with E-state index in [-0.39, 0.29) is 18.1 Å². The summed E-state index contributed by atoms with van der Waals surface area (Å²) in [7, 11) is 0. The zero-order chi connectivity index (χ0) is 15.1. The van der Waals surface area contributed by atoms with Crippen molar-refractivity contribution in [3.63, 3.8) is 0 Å². The molecule has 2 rings (SSSR count). The molecule has 0 aliphatic carbocycles. The Bertz CT molecular complexity index is 659. The number of hydrogen-bond acceptors (Lipinski definition) is 4. The number of nitrogens with zero attached hydrogens (tertiary/aromatic N) is 1. The number of para-hydroxylation sites is 1. The van der Waals surface area contributed by atoms with Crippen LogP contribution in [0.15, 0.2) is 48.5 Å². The summed E-state index contributed by atoms with van der Waals surface area (Å²) >= 11 is 0. The molecule has 0 amide bonds. The van der Waals surface area contributed by atoms with Crippen molar-refractivity contribution < 1.29 is 14.3 Å². The van der Waals surface area contributed by atoms with E-state index in [1.165, 1.54) is 0 Å². The summed E-state index contributed by atoms with van der Waals surface area (Å²) in [6.45, 7) is 2.01. The van der Waals surface area contributed by atoms with Crippen LogP contribution in [0.4, 0.5) is 0 Å². The summed E-state index contributed by atoms with van der Waals surface area (Å²) in [5.74, 6) is 0.206. The average Bonchev–Trinajstić information content (AvgIpc) is 2.54. The summed E-state index contributed by atoms with van der Waals surface area (Å²) in [5, 5.41) is 9.16. The molecule has 2 aromatic carbocycles. The Morgan fingerprint density at radius 3 is 2.57 bits per heavy atom. The number of rotatable bonds is 5. The van der Waals surface area contributed by atoms with Gasteiger partial charge in [0.25, 0.3) is 0 Å². The number of benzene rings is 2. The van der Waals surface area contributed by atoms with Crippen molar-refractivity contribution >= 4 is 5.97 Å². The standard InChI is InChI=1S/C17H15NO3/c1-2-16(19)21-15-10-6-9-14(11-18)17(15)20-12-13-7-4-3-5-8-13/h3-10H,2,12H2,1H3. The van der Waals surface area contributed by atoms with Crippen molar-refractivity contribution in [1.82, 2.24) is 0 Å². The second-order valence-corrected chi connectivity index (χ2v) is 4.35. The van der Waals surface area contributed by atoms with Gasteiger partial charge < -0.3 is 9.47 Å². The third-order valence-electron chi connectivity index (χ3n) is 2.84. The van der Waals surface area contributed by atoms with Gasteiger partial charge in [-0.15, -0.1) is 0 Å². The number of carbonyl (C=O) groups excluding carboxylic acids is 1. The third-order valence-corrected chi connectivity index (χ3v) is 2.84. The highest BCUT2D eigenvalue weighted by Gasteiger charge is 2.14. The van der Waals surface area contributed by atoms with E-state index in [1.807, 2.05) is 36.4 Å². The normalized spacial score (nSPS) is 9.71. The highest BCUT2D eigenvalue weighted by Crippen LogP contribution is 2.31. The van der Waals surface area contributed by atoms with Crippen LogP contribution in [-0.2, 0) is 11.4 Å². The molecule has 0 bridgehead atoms. The smallest absolute Gasteiger partial charge is 0.311 e. The SMILES string of the molecule is CCC(=O)Oc1cccc(C#N)c1OCc1ccccc1. The van der Waals surface area contributed by atoms with Crippen LogP contribution < -0.4 is 9.47 Å². The summed E-state index contributed by atoms with van der Waals surface area (Å²) in [6.07, 6.45) is 0.259. The Balaban J connectivity index is 2.23. The first kappa shape index (κ1) is 14.6. The van der Waals surface area contributed by atoms with Crippen LogP contribution in [0.2, 0.25) is 0 Å². The first-order chi connectivity index (χ1) is 10.2. The van der Waals surface area contributed by atoms with E-state index >= 15 is 0 Å². The first-order valence-corrected chi connectivity index (χ1v) is 6.65. The highest BCUT2D eigenvalue weighted by atomic mass is 16.6. The predicted octanol–water partition coefficient (Wildman–Crippen LogP) is 3.45. The molecular weight excluding hydrogens is 266 g/mol. The van der Waals surface area contributed by atoms with Gasteiger partial charge in [0.2, 0.25) is 0 Å². The monoisotopic (exact) mass is 281 g/mol. The lowest BCUT2D eigenvalue weighted by Gasteiger charge is -2.12. The number of nitriles is 1. The Hall–Kier alpha value is -2.80. The van der Waals surface area contributed by atoms with Gasteiger partial charge in [0.05, 0.1) is 5.56 Å². The van der Waals surface area contributed by atoms with E-state index < -0.39 is 0 Å². The van der Waals surface area contributed by atoms with Crippen LogP contribution in [0.1, 0.15) is 24.5 Å². The minimum atomic E-state index is -0.366. The van der Waals surface area contributed by atoms with Gasteiger partial charge in [-0.25, -0.2) is 0 Å². The van der Waals surface area contributed by atoms with Crippen molar-refractivity contribution in [2.24, 2.45) is 0 Å². The molecule has 0 radical (unpaired) electrons. The van der Waals surface area contributed by atoms with Crippen molar-refractivity contribution in [3.8, 4) is 17.6 Å². The molecule has 0 atom stereocenters. The summed E-state index contributed by atoms with van der Waals surface area (Å²) in [5.41, 5.74) is 1.31. The Kier molecular flexibility index (Phi) is 4.94. The average molecular weight is 281 g/mol. The molecule has 0 spiro atoms. The van der Waals surface area contributed by atoms with Crippen LogP contribution in [0.5, 0.6) is 11.5 Å². The van der Waals surface area contributed by atoms with Crippen molar-refractivity contribution in [2.45, 2.75) is 20.0 Å². The Morgan fingerprint density at radius 2 is 1.90 bits per heavy atom. The van der Waals surface area contributed by atoms with Gasteiger partial charge in [-0.1, -0.05) is 43.3 Å². The van der Waals surface area contributed by atoms with E-state index in [9.17, 15) is 4.79 Å². The van der Waals surface area contributed by atoms with Gasteiger partial charge in [0, 0.05) is 6.42 Å². The minimum absolute atomic E-state index is 0.259. The zero-order valence-corrected chi connectivity index (χ0v) is 11.7. The van der Waals surface area contributed by atoms with E-state index in [2.05, 4.69) is 0 Å². The van der Waals surface area contributed by atoms with Crippen LogP contribution in [0, 0.1) is 11.3 Å². The van der Waals surface area contributed by atoms with E-state index in [4.69, 9.17) is 14.7 Å². The van der Waals surface area contributed by atoms with Gasteiger partial charge in [-0.2, -0.15) is 5.26 Å². The Morgan fingerprint density at radius 1 is 1.14 bits per heavy atom. The van der Waals surface area contributed by atoms with Gasteiger partial charge >= 0.3 is 5.97 Å². The predicted molar refractivity (Wildman–Crippen MR) is 77.9 cm³/mol. The molecule has 0 saturated carbocycles. The molecule has 106 valence electrons.